The van der Waals surface area contributed by atoms with Crippen LogP contribution in [-0.4, -0.2) is 21.1 Å². The topological polar surface area (TPSA) is 73.9 Å². The van der Waals surface area contributed by atoms with Crippen molar-refractivity contribution in [3.63, 3.8) is 0 Å². The lowest BCUT2D eigenvalue weighted by Crippen LogP contribution is -2.10. The highest BCUT2D eigenvalue weighted by atomic mass is 32.2. The van der Waals surface area contributed by atoms with Gasteiger partial charge in [0.2, 0.25) is 11.1 Å². The number of benzene rings is 1. The van der Waals surface area contributed by atoms with Gasteiger partial charge in [-0.3, -0.25) is 0 Å². The highest BCUT2D eigenvalue weighted by molar-refractivity contribution is 7.99. The zero-order valence-corrected chi connectivity index (χ0v) is 12.9. The van der Waals surface area contributed by atoms with Gasteiger partial charge in [0.05, 0.1) is 6.10 Å². The van der Waals surface area contributed by atoms with Crippen LogP contribution in [0.3, 0.4) is 0 Å². The molecule has 0 saturated carbocycles. The van der Waals surface area contributed by atoms with Crippen molar-refractivity contribution in [2.24, 2.45) is 0 Å². The number of rotatable bonds is 4. The van der Waals surface area contributed by atoms with Crippen molar-refractivity contribution >= 4 is 17.7 Å². The molecule has 106 valence electrons. The molecule has 0 radical (unpaired) electrons. The summed E-state index contributed by atoms with van der Waals surface area (Å²) in [5, 5.41) is 0.543. The van der Waals surface area contributed by atoms with Crippen LogP contribution in [0.5, 0.6) is 6.01 Å². The maximum absolute atomic E-state index is 5.70. The summed E-state index contributed by atoms with van der Waals surface area (Å²) in [6.07, 6.45) is -0.00430. The molecular weight excluding hydrogens is 272 g/mol. The second-order valence-corrected chi connectivity index (χ2v) is 5.81. The van der Waals surface area contributed by atoms with Gasteiger partial charge in [-0.25, -0.2) is 0 Å². The Morgan fingerprint density at radius 1 is 1.15 bits per heavy atom. The van der Waals surface area contributed by atoms with E-state index < -0.39 is 0 Å². The second-order valence-electron chi connectivity index (χ2n) is 4.80. The van der Waals surface area contributed by atoms with Gasteiger partial charge in [0.15, 0.2) is 0 Å². The van der Waals surface area contributed by atoms with Gasteiger partial charge < -0.3 is 10.5 Å². The summed E-state index contributed by atoms with van der Waals surface area (Å²) in [4.78, 5) is 13.5. The van der Waals surface area contributed by atoms with Gasteiger partial charge in [0.1, 0.15) is 0 Å². The Balaban J connectivity index is 2.28. The molecule has 0 spiro atoms. The highest BCUT2D eigenvalue weighted by Gasteiger charge is 2.10. The van der Waals surface area contributed by atoms with E-state index in [4.69, 9.17) is 10.5 Å². The average molecular weight is 290 g/mol. The normalized spacial score (nSPS) is 10.8. The first kappa shape index (κ1) is 14.6. The van der Waals surface area contributed by atoms with Gasteiger partial charge in [-0.1, -0.05) is 12.1 Å². The van der Waals surface area contributed by atoms with E-state index in [1.54, 1.807) is 0 Å². The summed E-state index contributed by atoms with van der Waals surface area (Å²) >= 11 is 1.46. The SMILES string of the molecule is Cc1ccc(C)c(Sc2nc(N)nc(OC(C)C)n2)c1. The molecule has 0 unspecified atom stereocenters. The van der Waals surface area contributed by atoms with Crippen molar-refractivity contribution in [2.45, 2.75) is 43.9 Å². The number of nitrogens with two attached hydrogens (primary N) is 1. The Labute approximate surface area is 123 Å². The maximum atomic E-state index is 5.70. The number of ether oxygens (including phenoxy) is 1. The summed E-state index contributed by atoms with van der Waals surface area (Å²) in [6, 6.07) is 6.52. The Kier molecular flexibility index (Phi) is 4.44. The number of aromatic nitrogens is 3. The number of nitrogens with zero attached hydrogens (tertiary/aromatic N) is 3. The molecule has 20 heavy (non-hydrogen) atoms. The van der Waals surface area contributed by atoms with E-state index in [-0.39, 0.29) is 18.1 Å². The van der Waals surface area contributed by atoms with Crippen LogP contribution < -0.4 is 10.5 Å². The first-order valence-corrected chi connectivity index (χ1v) is 7.19. The zero-order valence-electron chi connectivity index (χ0n) is 12.0. The van der Waals surface area contributed by atoms with Crippen LogP contribution >= 0.6 is 11.8 Å². The molecule has 0 amide bonds. The van der Waals surface area contributed by atoms with E-state index in [0.717, 1.165) is 4.90 Å². The summed E-state index contributed by atoms with van der Waals surface area (Å²) in [5.41, 5.74) is 8.07. The summed E-state index contributed by atoms with van der Waals surface area (Å²) < 4.78 is 5.47. The summed E-state index contributed by atoms with van der Waals surface area (Å²) in [6.45, 7) is 7.94. The van der Waals surface area contributed by atoms with Gasteiger partial charge in [0, 0.05) is 4.90 Å². The van der Waals surface area contributed by atoms with E-state index in [2.05, 4.69) is 47.0 Å². The van der Waals surface area contributed by atoms with Crippen LogP contribution in [0.4, 0.5) is 5.95 Å². The van der Waals surface area contributed by atoms with Crippen LogP contribution in [0, 0.1) is 13.8 Å². The first-order valence-electron chi connectivity index (χ1n) is 6.37. The lowest BCUT2D eigenvalue weighted by atomic mass is 10.2. The Hall–Kier alpha value is -1.82. The van der Waals surface area contributed by atoms with Gasteiger partial charge in [0.25, 0.3) is 0 Å². The largest absolute Gasteiger partial charge is 0.461 e. The zero-order chi connectivity index (χ0) is 14.7. The number of aryl methyl sites for hydroxylation is 2. The van der Waals surface area contributed by atoms with Gasteiger partial charge in [-0.15, -0.1) is 0 Å². The standard InChI is InChI=1S/C14H18N4OS/c1-8(2)19-13-16-12(15)17-14(18-13)20-11-7-9(3)5-6-10(11)4/h5-8H,1-4H3,(H2,15,16,17,18). The molecule has 0 bridgehead atoms. The van der Waals surface area contributed by atoms with E-state index in [9.17, 15) is 0 Å². The predicted molar refractivity (Wildman–Crippen MR) is 80.0 cm³/mol. The predicted octanol–water partition coefficient (Wildman–Crippen LogP) is 3.01. The summed E-state index contributed by atoms with van der Waals surface area (Å²) in [7, 11) is 0. The van der Waals surface area contributed by atoms with Crippen molar-refractivity contribution in [3.05, 3.63) is 29.3 Å². The number of anilines is 1. The van der Waals surface area contributed by atoms with E-state index in [1.165, 1.54) is 22.9 Å². The highest BCUT2D eigenvalue weighted by Crippen LogP contribution is 2.29. The van der Waals surface area contributed by atoms with Crippen LogP contribution in [-0.2, 0) is 0 Å². The molecule has 5 nitrogen and oxygen atoms in total. The van der Waals surface area contributed by atoms with Crippen molar-refractivity contribution < 1.29 is 4.74 Å². The summed E-state index contributed by atoms with van der Waals surface area (Å²) in [5.74, 6) is 0.170. The van der Waals surface area contributed by atoms with Crippen LogP contribution in [0.2, 0.25) is 0 Å². The smallest absolute Gasteiger partial charge is 0.322 e. The van der Waals surface area contributed by atoms with Crippen LogP contribution in [0.25, 0.3) is 0 Å². The minimum atomic E-state index is -0.00430. The Morgan fingerprint density at radius 3 is 2.60 bits per heavy atom. The minimum Gasteiger partial charge on any atom is -0.461 e. The monoisotopic (exact) mass is 290 g/mol. The third-order valence-corrected chi connectivity index (χ3v) is 3.52. The van der Waals surface area contributed by atoms with Gasteiger partial charge in [-0.05, 0) is 56.7 Å². The van der Waals surface area contributed by atoms with E-state index in [0.29, 0.717) is 5.16 Å². The lowest BCUT2D eigenvalue weighted by molar-refractivity contribution is 0.219. The molecule has 1 heterocycles. The van der Waals surface area contributed by atoms with Crippen molar-refractivity contribution in [1.29, 1.82) is 0 Å². The van der Waals surface area contributed by atoms with Crippen LogP contribution in [0.1, 0.15) is 25.0 Å². The number of nitrogen functional groups attached to an aromatic ring is 1. The van der Waals surface area contributed by atoms with E-state index >= 15 is 0 Å². The molecule has 2 aromatic rings. The average Bonchev–Trinajstić information content (AvgIpc) is 2.32. The molecule has 2 N–H and O–H groups in total. The van der Waals surface area contributed by atoms with E-state index in [1.807, 2.05) is 13.8 Å². The fourth-order valence-corrected chi connectivity index (χ4v) is 2.51. The Morgan fingerprint density at radius 2 is 1.90 bits per heavy atom. The molecule has 0 aliphatic rings. The third-order valence-electron chi connectivity index (χ3n) is 2.50. The molecule has 2 rings (SSSR count). The lowest BCUT2D eigenvalue weighted by Gasteiger charge is -2.10. The fraction of sp³-hybridized carbons (Fsp3) is 0.357. The maximum Gasteiger partial charge on any atom is 0.322 e. The molecule has 0 aliphatic heterocycles. The molecule has 0 saturated heterocycles. The minimum absolute atomic E-state index is 0.00430. The third kappa shape index (κ3) is 3.84. The number of hydrogen-bond acceptors (Lipinski definition) is 6. The molecule has 0 fully saturated rings. The number of hydrogen-bond donors (Lipinski definition) is 1. The van der Waals surface area contributed by atoms with Crippen molar-refractivity contribution in [3.8, 4) is 6.01 Å². The van der Waals surface area contributed by atoms with Crippen molar-refractivity contribution in [1.82, 2.24) is 15.0 Å². The molecule has 0 atom stereocenters. The Bertz CT molecular complexity index is 616. The van der Waals surface area contributed by atoms with Gasteiger partial charge in [-0.2, -0.15) is 15.0 Å². The molecule has 1 aromatic heterocycles. The molecule has 0 aliphatic carbocycles. The molecule has 6 heteroatoms. The first-order chi connectivity index (χ1) is 9.44. The molecule has 1 aromatic carbocycles. The second kappa shape index (κ2) is 6.09. The van der Waals surface area contributed by atoms with Crippen molar-refractivity contribution in [2.75, 3.05) is 5.73 Å². The van der Waals surface area contributed by atoms with Crippen LogP contribution in [0.15, 0.2) is 28.3 Å². The fourth-order valence-electron chi connectivity index (χ4n) is 1.58. The quantitative estimate of drug-likeness (QED) is 0.933. The molecular formula is C14H18N4OS. The van der Waals surface area contributed by atoms with Gasteiger partial charge >= 0.3 is 6.01 Å².